The fraction of sp³-hybridized carbons (Fsp3) is 0.533. The summed E-state index contributed by atoms with van der Waals surface area (Å²) in [5.41, 5.74) is 7.09. The lowest BCUT2D eigenvalue weighted by Crippen LogP contribution is -2.51. The van der Waals surface area contributed by atoms with Crippen LogP contribution in [0.2, 0.25) is 0 Å². The molecule has 5 nitrogen and oxygen atoms in total. The van der Waals surface area contributed by atoms with Crippen LogP contribution in [0, 0.1) is 6.92 Å². The second kappa shape index (κ2) is 6.61. The molecule has 0 radical (unpaired) electrons. The number of pyridine rings is 1. The molecule has 0 saturated carbocycles. The zero-order valence-corrected chi connectivity index (χ0v) is 12.6. The largest absolute Gasteiger partial charge is 0.349 e. The molecule has 1 amide bonds. The quantitative estimate of drug-likeness (QED) is 0.775. The summed E-state index contributed by atoms with van der Waals surface area (Å²) in [6.07, 6.45) is 1.49. The predicted octanol–water partition coefficient (Wildman–Crippen LogP) is 1.73. The first-order valence-corrected chi connectivity index (χ1v) is 6.82. The Balaban J connectivity index is 2.69. The van der Waals surface area contributed by atoms with E-state index in [-0.39, 0.29) is 11.7 Å². The van der Waals surface area contributed by atoms with E-state index in [1.165, 1.54) is 6.92 Å². The second-order valence-electron chi connectivity index (χ2n) is 5.34. The number of nitrogens with two attached hydrogens (primary N) is 1. The van der Waals surface area contributed by atoms with E-state index in [0.717, 1.165) is 6.42 Å². The molecule has 20 heavy (non-hydrogen) atoms. The van der Waals surface area contributed by atoms with E-state index in [4.69, 9.17) is 5.73 Å². The number of nitrogens with one attached hydrogen (secondary N) is 1. The highest BCUT2D eigenvalue weighted by atomic mass is 16.2. The molecule has 5 heteroatoms. The molecule has 0 aliphatic rings. The summed E-state index contributed by atoms with van der Waals surface area (Å²) in [7, 11) is 0. The third kappa shape index (κ3) is 4.13. The molecule has 1 aromatic heterocycles. The van der Waals surface area contributed by atoms with Crippen LogP contribution in [0.25, 0.3) is 0 Å². The van der Waals surface area contributed by atoms with E-state index in [9.17, 15) is 9.59 Å². The van der Waals surface area contributed by atoms with Crippen LogP contribution in [-0.4, -0.2) is 22.2 Å². The molecule has 0 aliphatic carbocycles. The van der Waals surface area contributed by atoms with Crippen molar-refractivity contribution in [2.24, 2.45) is 5.73 Å². The number of aryl methyl sites for hydroxylation is 1. The Kier molecular flexibility index (Phi) is 5.39. The molecule has 0 bridgehead atoms. The Morgan fingerprint density at radius 3 is 2.55 bits per heavy atom. The van der Waals surface area contributed by atoms with Crippen LogP contribution < -0.4 is 11.1 Å². The Labute approximate surface area is 120 Å². The summed E-state index contributed by atoms with van der Waals surface area (Å²) in [6.45, 7) is 7.32. The number of aromatic nitrogens is 1. The van der Waals surface area contributed by atoms with Crippen molar-refractivity contribution in [2.45, 2.75) is 52.6 Å². The molecule has 0 spiro atoms. The van der Waals surface area contributed by atoms with Gasteiger partial charge in [-0.1, -0.05) is 13.3 Å². The molecule has 1 rings (SSSR count). The third-order valence-electron chi connectivity index (χ3n) is 3.24. The van der Waals surface area contributed by atoms with Crippen molar-refractivity contribution in [3.63, 3.8) is 0 Å². The zero-order chi connectivity index (χ0) is 15.3. The smallest absolute Gasteiger partial charge is 0.240 e. The Hall–Kier alpha value is -1.75. The van der Waals surface area contributed by atoms with Gasteiger partial charge in [-0.3, -0.25) is 14.6 Å². The maximum atomic E-state index is 12.0. The van der Waals surface area contributed by atoms with Crippen LogP contribution in [0.1, 0.15) is 55.4 Å². The molecule has 0 aliphatic heterocycles. The van der Waals surface area contributed by atoms with Gasteiger partial charge in [-0.05, 0) is 39.3 Å². The summed E-state index contributed by atoms with van der Waals surface area (Å²) in [5.74, 6) is -0.197. The van der Waals surface area contributed by atoms with Crippen molar-refractivity contribution in [3.05, 3.63) is 29.1 Å². The Morgan fingerprint density at radius 2 is 2.05 bits per heavy atom. The fourth-order valence-electron chi connectivity index (χ4n) is 2.09. The minimum atomic E-state index is -0.858. The van der Waals surface area contributed by atoms with Gasteiger partial charge in [-0.25, -0.2) is 0 Å². The first kappa shape index (κ1) is 16.3. The van der Waals surface area contributed by atoms with E-state index >= 15 is 0 Å². The topological polar surface area (TPSA) is 85.1 Å². The van der Waals surface area contributed by atoms with Gasteiger partial charge < -0.3 is 11.1 Å². The molecule has 0 saturated heterocycles. The SMILES string of the molecule is CCCC(C)(N)C(=O)NCc1ccc(C(C)=O)c(C)n1. The Bertz CT molecular complexity index is 510. The number of carbonyl (C=O) groups excluding carboxylic acids is 2. The monoisotopic (exact) mass is 277 g/mol. The maximum absolute atomic E-state index is 12.0. The van der Waals surface area contributed by atoms with Crippen molar-refractivity contribution < 1.29 is 9.59 Å². The van der Waals surface area contributed by atoms with Gasteiger partial charge in [0.2, 0.25) is 5.91 Å². The van der Waals surface area contributed by atoms with Gasteiger partial charge in [0, 0.05) is 11.3 Å². The molecular formula is C15H23N3O2. The standard InChI is InChI=1S/C15H23N3O2/c1-5-8-15(4,16)14(20)17-9-12-6-7-13(11(3)19)10(2)18-12/h6-7H,5,8-9,16H2,1-4H3,(H,17,20). The lowest BCUT2D eigenvalue weighted by Gasteiger charge is -2.22. The molecular weight excluding hydrogens is 254 g/mol. The van der Waals surface area contributed by atoms with Gasteiger partial charge in [-0.2, -0.15) is 0 Å². The van der Waals surface area contributed by atoms with Gasteiger partial charge in [0.05, 0.1) is 17.8 Å². The average Bonchev–Trinajstić information content (AvgIpc) is 2.35. The zero-order valence-electron chi connectivity index (χ0n) is 12.6. The van der Waals surface area contributed by atoms with Crippen molar-refractivity contribution in [1.82, 2.24) is 10.3 Å². The van der Waals surface area contributed by atoms with Gasteiger partial charge in [0.1, 0.15) is 0 Å². The van der Waals surface area contributed by atoms with Crippen LogP contribution in [0.5, 0.6) is 0 Å². The minimum Gasteiger partial charge on any atom is -0.349 e. The number of ketones is 1. The highest BCUT2D eigenvalue weighted by molar-refractivity contribution is 5.95. The normalized spacial score (nSPS) is 13.7. The number of carbonyl (C=O) groups is 2. The average molecular weight is 277 g/mol. The van der Waals surface area contributed by atoms with Crippen molar-refractivity contribution in [1.29, 1.82) is 0 Å². The van der Waals surface area contributed by atoms with E-state index in [1.54, 1.807) is 26.0 Å². The van der Waals surface area contributed by atoms with Crippen LogP contribution in [0.15, 0.2) is 12.1 Å². The summed E-state index contributed by atoms with van der Waals surface area (Å²) < 4.78 is 0. The maximum Gasteiger partial charge on any atom is 0.240 e. The van der Waals surface area contributed by atoms with E-state index in [1.807, 2.05) is 6.92 Å². The van der Waals surface area contributed by atoms with Crippen LogP contribution >= 0.6 is 0 Å². The number of amides is 1. The molecule has 110 valence electrons. The van der Waals surface area contributed by atoms with Gasteiger partial charge in [0.25, 0.3) is 0 Å². The van der Waals surface area contributed by atoms with Gasteiger partial charge in [-0.15, -0.1) is 0 Å². The third-order valence-corrected chi connectivity index (χ3v) is 3.24. The van der Waals surface area contributed by atoms with Gasteiger partial charge in [0.15, 0.2) is 5.78 Å². The highest BCUT2D eigenvalue weighted by Crippen LogP contribution is 2.10. The molecule has 0 fully saturated rings. The first-order valence-electron chi connectivity index (χ1n) is 6.82. The summed E-state index contributed by atoms with van der Waals surface area (Å²) in [5, 5.41) is 2.79. The number of nitrogens with zero attached hydrogens (tertiary/aromatic N) is 1. The highest BCUT2D eigenvalue weighted by Gasteiger charge is 2.26. The summed E-state index contributed by atoms with van der Waals surface area (Å²) >= 11 is 0. The second-order valence-corrected chi connectivity index (χ2v) is 5.34. The van der Waals surface area contributed by atoms with Crippen LogP contribution in [0.3, 0.4) is 0 Å². The number of rotatable bonds is 6. The predicted molar refractivity (Wildman–Crippen MR) is 78.3 cm³/mol. The van der Waals surface area contributed by atoms with E-state index in [2.05, 4.69) is 10.3 Å². The van der Waals surface area contributed by atoms with E-state index < -0.39 is 5.54 Å². The Morgan fingerprint density at radius 1 is 1.40 bits per heavy atom. The number of Topliss-reactive ketones (excluding diaryl/α,β-unsaturated/α-hetero) is 1. The van der Waals surface area contributed by atoms with E-state index in [0.29, 0.717) is 29.9 Å². The van der Waals surface area contributed by atoms with Crippen LogP contribution in [0.4, 0.5) is 0 Å². The van der Waals surface area contributed by atoms with Crippen molar-refractivity contribution in [3.8, 4) is 0 Å². The molecule has 0 aromatic carbocycles. The molecule has 1 heterocycles. The molecule has 3 N–H and O–H groups in total. The lowest BCUT2D eigenvalue weighted by molar-refractivity contribution is -0.126. The lowest BCUT2D eigenvalue weighted by atomic mass is 9.96. The summed E-state index contributed by atoms with van der Waals surface area (Å²) in [6, 6.07) is 3.48. The number of hydrogen-bond donors (Lipinski definition) is 2. The minimum absolute atomic E-state index is 0.0111. The van der Waals surface area contributed by atoms with Gasteiger partial charge >= 0.3 is 0 Å². The molecule has 1 aromatic rings. The first-order chi connectivity index (χ1) is 9.27. The van der Waals surface area contributed by atoms with Crippen LogP contribution in [-0.2, 0) is 11.3 Å². The molecule has 1 unspecified atom stereocenters. The summed E-state index contributed by atoms with van der Waals surface area (Å²) in [4.78, 5) is 27.6. The van der Waals surface area contributed by atoms with Crippen molar-refractivity contribution in [2.75, 3.05) is 0 Å². The van der Waals surface area contributed by atoms with Crippen molar-refractivity contribution >= 4 is 11.7 Å². The fourth-order valence-corrected chi connectivity index (χ4v) is 2.09. The number of hydrogen-bond acceptors (Lipinski definition) is 4. The molecule has 1 atom stereocenters.